The lowest BCUT2D eigenvalue weighted by Crippen LogP contribution is -2.02. The lowest BCUT2D eigenvalue weighted by Gasteiger charge is -2.05. The first kappa shape index (κ1) is 10.9. The number of aromatic nitrogens is 2. The largest absolute Gasteiger partial charge is 0.384 e. The van der Waals surface area contributed by atoms with E-state index in [0.29, 0.717) is 12.4 Å². The SMILES string of the molecule is Nc1cc(NCc2cccc(Br)c2)ncn1. The quantitative estimate of drug-likeness (QED) is 0.905. The van der Waals surface area contributed by atoms with Gasteiger partial charge in [-0.05, 0) is 17.7 Å². The highest BCUT2D eigenvalue weighted by atomic mass is 79.9. The van der Waals surface area contributed by atoms with Gasteiger partial charge in [-0.3, -0.25) is 0 Å². The Kier molecular flexibility index (Phi) is 3.36. The van der Waals surface area contributed by atoms with Crippen molar-refractivity contribution < 1.29 is 0 Å². The minimum absolute atomic E-state index is 0.465. The molecule has 0 saturated carbocycles. The van der Waals surface area contributed by atoms with Crippen molar-refractivity contribution in [1.82, 2.24) is 9.97 Å². The summed E-state index contributed by atoms with van der Waals surface area (Å²) in [5.74, 6) is 1.19. The van der Waals surface area contributed by atoms with Gasteiger partial charge >= 0.3 is 0 Å². The fourth-order valence-electron chi connectivity index (χ4n) is 1.31. The third kappa shape index (κ3) is 2.93. The van der Waals surface area contributed by atoms with Crippen LogP contribution in [0.4, 0.5) is 11.6 Å². The predicted molar refractivity (Wildman–Crippen MR) is 67.9 cm³/mol. The molecule has 1 aromatic carbocycles. The van der Waals surface area contributed by atoms with Crippen LogP contribution in [-0.4, -0.2) is 9.97 Å². The number of hydrogen-bond donors (Lipinski definition) is 2. The Morgan fingerprint density at radius 1 is 1.25 bits per heavy atom. The van der Waals surface area contributed by atoms with Crippen LogP contribution in [0.5, 0.6) is 0 Å². The van der Waals surface area contributed by atoms with Crippen molar-refractivity contribution in [2.24, 2.45) is 0 Å². The maximum atomic E-state index is 5.55. The van der Waals surface area contributed by atoms with Gasteiger partial charge in [-0.1, -0.05) is 28.1 Å². The van der Waals surface area contributed by atoms with Gasteiger partial charge in [0.1, 0.15) is 18.0 Å². The molecular weight excluding hydrogens is 268 g/mol. The molecule has 0 atom stereocenters. The summed E-state index contributed by atoms with van der Waals surface area (Å²) in [6, 6.07) is 9.79. The Labute approximate surface area is 102 Å². The van der Waals surface area contributed by atoms with Gasteiger partial charge in [0.05, 0.1) is 0 Å². The second-order valence-electron chi connectivity index (χ2n) is 3.31. The van der Waals surface area contributed by atoms with E-state index in [1.54, 1.807) is 6.07 Å². The highest BCUT2D eigenvalue weighted by Crippen LogP contribution is 2.13. The molecule has 0 spiro atoms. The molecule has 0 radical (unpaired) electrons. The van der Waals surface area contributed by atoms with E-state index in [1.165, 1.54) is 11.9 Å². The van der Waals surface area contributed by atoms with E-state index in [0.717, 1.165) is 10.3 Å². The van der Waals surface area contributed by atoms with Gasteiger partial charge in [-0.15, -0.1) is 0 Å². The summed E-state index contributed by atoms with van der Waals surface area (Å²) < 4.78 is 1.06. The molecule has 5 heteroatoms. The Balaban J connectivity index is 2.02. The normalized spacial score (nSPS) is 10.1. The highest BCUT2D eigenvalue weighted by molar-refractivity contribution is 9.10. The summed E-state index contributed by atoms with van der Waals surface area (Å²) in [4.78, 5) is 7.89. The first-order valence-electron chi connectivity index (χ1n) is 4.80. The third-order valence-electron chi connectivity index (χ3n) is 2.05. The molecule has 16 heavy (non-hydrogen) atoms. The summed E-state index contributed by atoms with van der Waals surface area (Å²) in [5, 5.41) is 3.18. The van der Waals surface area contributed by atoms with Crippen LogP contribution in [0.15, 0.2) is 41.1 Å². The zero-order valence-electron chi connectivity index (χ0n) is 8.52. The van der Waals surface area contributed by atoms with Crippen molar-refractivity contribution in [2.45, 2.75) is 6.54 Å². The van der Waals surface area contributed by atoms with E-state index in [4.69, 9.17) is 5.73 Å². The molecule has 3 N–H and O–H groups in total. The van der Waals surface area contributed by atoms with Gasteiger partial charge in [0.2, 0.25) is 0 Å². The molecule has 1 heterocycles. The van der Waals surface area contributed by atoms with Crippen LogP contribution in [-0.2, 0) is 6.54 Å². The van der Waals surface area contributed by atoms with Gasteiger partial charge in [0, 0.05) is 17.1 Å². The fourth-order valence-corrected chi connectivity index (χ4v) is 1.76. The molecule has 0 aliphatic rings. The van der Waals surface area contributed by atoms with Gasteiger partial charge in [-0.2, -0.15) is 0 Å². The maximum absolute atomic E-state index is 5.55. The average Bonchev–Trinajstić information content (AvgIpc) is 2.27. The fraction of sp³-hybridized carbons (Fsp3) is 0.0909. The Morgan fingerprint density at radius 3 is 2.88 bits per heavy atom. The molecule has 2 aromatic rings. The smallest absolute Gasteiger partial charge is 0.131 e. The zero-order valence-corrected chi connectivity index (χ0v) is 10.1. The lowest BCUT2D eigenvalue weighted by molar-refractivity contribution is 1.08. The molecule has 1 aromatic heterocycles. The van der Waals surface area contributed by atoms with Crippen LogP contribution in [0.2, 0.25) is 0 Å². The van der Waals surface area contributed by atoms with Crippen LogP contribution in [0.3, 0.4) is 0 Å². The summed E-state index contributed by atoms with van der Waals surface area (Å²) >= 11 is 3.43. The summed E-state index contributed by atoms with van der Waals surface area (Å²) in [6.45, 7) is 0.704. The summed E-state index contributed by atoms with van der Waals surface area (Å²) in [7, 11) is 0. The van der Waals surface area contributed by atoms with Crippen molar-refractivity contribution in [3.8, 4) is 0 Å². The predicted octanol–water partition coefficient (Wildman–Crippen LogP) is 2.43. The van der Waals surface area contributed by atoms with Crippen LogP contribution < -0.4 is 11.1 Å². The van der Waals surface area contributed by atoms with Crippen LogP contribution in [0.25, 0.3) is 0 Å². The second kappa shape index (κ2) is 4.94. The second-order valence-corrected chi connectivity index (χ2v) is 4.23. The molecule has 0 amide bonds. The first-order valence-corrected chi connectivity index (χ1v) is 5.59. The molecule has 0 aliphatic carbocycles. The van der Waals surface area contributed by atoms with Gasteiger partial charge in [0.15, 0.2) is 0 Å². The average molecular weight is 279 g/mol. The first-order chi connectivity index (χ1) is 7.74. The van der Waals surface area contributed by atoms with Crippen molar-refractivity contribution in [2.75, 3.05) is 11.1 Å². The third-order valence-corrected chi connectivity index (χ3v) is 2.54. The van der Waals surface area contributed by atoms with E-state index < -0.39 is 0 Å². The lowest BCUT2D eigenvalue weighted by atomic mass is 10.2. The summed E-state index contributed by atoms with van der Waals surface area (Å²) in [5.41, 5.74) is 6.73. The minimum Gasteiger partial charge on any atom is -0.384 e. The molecule has 82 valence electrons. The highest BCUT2D eigenvalue weighted by Gasteiger charge is 1.97. The number of anilines is 2. The number of benzene rings is 1. The van der Waals surface area contributed by atoms with Crippen LogP contribution in [0, 0.1) is 0 Å². The minimum atomic E-state index is 0.465. The summed E-state index contributed by atoms with van der Waals surface area (Å²) in [6.07, 6.45) is 1.44. The maximum Gasteiger partial charge on any atom is 0.131 e. The molecule has 0 bridgehead atoms. The van der Waals surface area contributed by atoms with E-state index in [-0.39, 0.29) is 0 Å². The van der Waals surface area contributed by atoms with Gasteiger partial charge in [0.25, 0.3) is 0 Å². The Hall–Kier alpha value is -1.62. The van der Waals surface area contributed by atoms with E-state index >= 15 is 0 Å². The van der Waals surface area contributed by atoms with Gasteiger partial charge < -0.3 is 11.1 Å². The van der Waals surface area contributed by atoms with Crippen molar-refractivity contribution in [3.05, 3.63) is 46.7 Å². The van der Waals surface area contributed by atoms with Crippen LogP contribution in [0.1, 0.15) is 5.56 Å². The molecular formula is C11H11BrN4. The molecule has 2 rings (SSSR count). The van der Waals surface area contributed by atoms with Crippen LogP contribution >= 0.6 is 15.9 Å². The number of halogens is 1. The number of nitrogen functional groups attached to an aromatic ring is 1. The monoisotopic (exact) mass is 278 g/mol. The van der Waals surface area contributed by atoms with Crippen molar-refractivity contribution in [3.63, 3.8) is 0 Å². The molecule has 0 unspecified atom stereocenters. The van der Waals surface area contributed by atoms with Crippen molar-refractivity contribution >= 4 is 27.6 Å². The standard InChI is InChI=1S/C11H11BrN4/c12-9-3-1-2-8(4-9)6-14-11-5-10(13)15-7-16-11/h1-5,7H,6H2,(H3,13,14,15,16). The number of nitrogens with one attached hydrogen (secondary N) is 1. The van der Waals surface area contributed by atoms with E-state index in [2.05, 4.69) is 37.3 Å². The topological polar surface area (TPSA) is 63.8 Å². The molecule has 0 saturated heterocycles. The zero-order chi connectivity index (χ0) is 11.4. The Bertz CT molecular complexity index is 441. The molecule has 4 nitrogen and oxygen atoms in total. The van der Waals surface area contributed by atoms with E-state index in [1.807, 2.05) is 18.2 Å². The number of hydrogen-bond acceptors (Lipinski definition) is 4. The number of nitrogens with two attached hydrogens (primary N) is 1. The number of nitrogens with zero attached hydrogens (tertiary/aromatic N) is 2. The van der Waals surface area contributed by atoms with Gasteiger partial charge in [-0.25, -0.2) is 9.97 Å². The molecule has 0 fully saturated rings. The van der Waals surface area contributed by atoms with E-state index in [9.17, 15) is 0 Å². The molecule has 0 aliphatic heterocycles. The Morgan fingerprint density at radius 2 is 2.12 bits per heavy atom. The van der Waals surface area contributed by atoms with Crippen molar-refractivity contribution in [1.29, 1.82) is 0 Å². The number of rotatable bonds is 3.